The largest absolute Gasteiger partial charge is 0.366 e. The zero-order valence-corrected chi connectivity index (χ0v) is 16.3. The van der Waals surface area contributed by atoms with Crippen molar-refractivity contribution in [1.29, 1.82) is 0 Å². The van der Waals surface area contributed by atoms with E-state index in [0.717, 1.165) is 16.4 Å². The minimum atomic E-state index is -4.08. The molecule has 1 aliphatic rings. The molecule has 0 amide bonds. The van der Waals surface area contributed by atoms with E-state index in [4.69, 9.17) is 9.26 Å². The van der Waals surface area contributed by atoms with Crippen LogP contribution in [0.15, 0.2) is 51.9 Å². The number of sulfonamides is 1. The van der Waals surface area contributed by atoms with Crippen LogP contribution >= 0.6 is 0 Å². The number of halogens is 3. The summed E-state index contributed by atoms with van der Waals surface area (Å²) in [5, 5.41) is 3.80. The molecule has 0 N–H and O–H groups in total. The van der Waals surface area contributed by atoms with Gasteiger partial charge in [0, 0.05) is 19.5 Å². The van der Waals surface area contributed by atoms with Gasteiger partial charge in [-0.2, -0.15) is 9.29 Å². The SMILES string of the molecule is O=S(=O)(c1ccc(F)c(F)c1)N1CCO[C@H](c2nc(Cc3ccccc3F)no2)C1. The number of benzene rings is 2. The standard InChI is InChI=1S/C19H16F3N3O4S/c20-14-4-2-1-3-12(14)9-18-23-19(29-24-18)17-11-25(7-8-28-17)30(26,27)13-5-6-15(21)16(22)10-13/h1-6,10,17H,7-9,11H2/t17-/m0/s1. The molecule has 30 heavy (non-hydrogen) atoms. The van der Waals surface area contributed by atoms with Gasteiger partial charge in [0.1, 0.15) is 5.82 Å². The fraction of sp³-hybridized carbons (Fsp3) is 0.263. The highest BCUT2D eigenvalue weighted by molar-refractivity contribution is 7.89. The average Bonchev–Trinajstić information content (AvgIpc) is 3.20. The molecule has 0 bridgehead atoms. The third-order valence-electron chi connectivity index (χ3n) is 4.62. The fourth-order valence-corrected chi connectivity index (χ4v) is 4.50. The highest BCUT2D eigenvalue weighted by Gasteiger charge is 2.34. The van der Waals surface area contributed by atoms with E-state index in [-0.39, 0.29) is 42.7 Å². The molecular weight excluding hydrogens is 423 g/mol. The summed E-state index contributed by atoms with van der Waals surface area (Å²) in [6.07, 6.45) is -0.750. The van der Waals surface area contributed by atoms with Crippen LogP contribution in [0.25, 0.3) is 0 Å². The Hall–Kier alpha value is -2.76. The molecule has 0 spiro atoms. The number of aromatic nitrogens is 2. The quantitative estimate of drug-likeness (QED) is 0.608. The molecule has 1 atom stereocenters. The second-order valence-corrected chi connectivity index (χ2v) is 8.55. The van der Waals surface area contributed by atoms with Crippen LogP contribution in [0.5, 0.6) is 0 Å². The van der Waals surface area contributed by atoms with E-state index in [1.807, 2.05) is 0 Å². The Kier molecular flexibility index (Phi) is 5.58. The Morgan fingerprint density at radius 3 is 2.63 bits per heavy atom. The lowest BCUT2D eigenvalue weighted by Gasteiger charge is -2.30. The molecule has 0 radical (unpaired) electrons. The van der Waals surface area contributed by atoms with Crippen LogP contribution in [0.2, 0.25) is 0 Å². The highest BCUT2D eigenvalue weighted by Crippen LogP contribution is 2.26. The van der Waals surface area contributed by atoms with Gasteiger partial charge in [0.05, 0.1) is 11.5 Å². The number of hydrogen-bond acceptors (Lipinski definition) is 6. The van der Waals surface area contributed by atoms with Crippen LogP contribution in [0, 0.1) is 17.5 Å². The maximum atomic E-state index is 13.8. The van der Waals surface area contributed by atoms with Crippen LogP contribution in [0.1, 0.15) is 23.4 Å². The molecule has 0 aliphatic carbocycles. The van der Waals surface area contributed by atoms with E-state index in [9.17, 15) is 21.6 Å². The van der Waals surface area contributed by atoms with Gasteiger partial charge in [-0.05, 0) is 29.8 Å². The molecule has 7 nitrogen and oxygen atoms in total. The topological polar surface area (TPSA) is 85.5 Å². The number of nitrogens with zero attached hydrogens (tertiary/aromatic N) is 3. The predicted molar refractivity (Wildman–Crippen MR) is 97.3 cm³/mol. The van der Waals surface area contributed by atoms with Gasteiger partial charge in [-0.1, -0.05) is 23.4 Å². The zero-order valence-electron chi connectivity index (χ0n) is 15.5. The maximum Gasteiger partial charge on any atom is 0.257 e. The summed E-state index contributed by atoms with van der Waals surface area (Å²) >= 11 is 0. The van der Waals surface area contributed by atoms with E-state index in [1.54, 1.807) is 18.2 Å². The molecular formula is C19H16F3N3O4S. The summed E-state index contributed by atoms with van der Waals surface area (Å²) in [5.41, 5.74) is 0.386. The van der Waals surface area contributed by atoms with Crippen LogP contribution in [-0.2, 0) is 21.2 Å². The molecule has 0 unspecified atom stereocenters. The summed E-state index contributed by atoms with van der Waals surface area (Å²) in [6.45, 7) is -0.0880. The molecule has 1 fully saturated rings. The fourth-order valence-electron chi connectivity index (χ4n) is 3.06. The third kappa shape index (κ3) is 4.09. The summed E-state index contributed by atoms with van der Waals surface area (Å²) < 4.78 is 77.8. The van der Waals surface area contributed by atoms with Gasteiger partial charge in [-0.15, -0.1) is 0 Å². The lowest BCUT2D eigenvalue weighted by Crippen LogP contribution is -2.42. The van der Waals surface area contributed by atoms with Gasteiger partial charge in [0.15, 0.2) is 23.6 Å². The monoisotopic (exact) mass is 439 g/mol. The van der Waals surface area contributed by atoms with Crippen molar-refractivity contribution in [3.63, 3.8) is 0 Å². The van der Waals surface area contributed by atoms with Crippen molar-refractivity contribution in [3.05, 3.63) is 77.2 Å². The van der Waals surface area contributed by atoms with Gasteiger partial charge in [0.25, 0.3) is 5.89 Å². The van der Waals surface area contributed by atoms with Crippen molar-refractivity contribution in [2.75, 3.05) is 19.7 Å². The molecule has 0 saturated carbocycles. The molecule has 1 aromatic heterocycles. The normalized spacial score (nSPS) is 17.9. The predicted octanol–water partition coefficient (Wildman–Crippen LogP) is 2.84. The van der Waals surface area contributed by atoms with E-state index < -0.39 is 33.6 Å². The lowest BCUT2D eigenvalue weighted by molar-refractivity contribution is -0.0199. The Morgan fingerprint density at radius 2 is 1.87 bits per heavy atom. The molecule has 11 heteroatoms. The summed E-state index contributed by atoms with van der Waals surface area (Å²) in [4.78, 5) is 3.82. The molecule has 4 rings (SSSR count). The van der Waals surface area contributed by atoms with E-state index in [2.05, 4.69) is 10.1 Å². The Bertz CT molecular complexity index is 1170. The summed E-state index contributed by atoms with van der Waals surface area (Å²) in [6, 6.07) is 8.56. The Morgan fingerprint density at radius 1 is 1.07 bits per heavy atom. The van der Waals surface area contributed by atoms with Crippen LogP contribution in [0.4, 0.5) is 13.2 Å². The van der Waals surface area contributed by atoms with Gasteiger partial charge >= 0.3 is 0 Å². The molecule has 1 aliphatic heterocycles. The molecule has 1 saturated heterocycles. The Labute approximate surface area is 170 Å². The average molecular weight is 439 g/mol. The first-order valence-corrected chi connectivity index (χ1v) is 10.4. The van der Waals surface area contributed by atoms with Gasteiger partial charge in [-0.3, -0.25) is 0 Å². The Balaban J connectivity index is 1.51. The number of morpholine rings is 1. The summed E-state index contributed by atoms with van der Waals surface area (Å²) in [7, 11) is -4.08. The lowest BCUT2D eigenvalue weighted by atomic mass is 10.1. The van der Waals surface area contributed by atoms with Crippen molar-refractivity contribution in [1.82, 2.24) is 14.4 Å². The first-order valence-electron chi connectivity index (χ1n) is 8.97. The van der Waals surface area contributed by atoms with Crippen LogP contribution in [0.3, 0.4) is 0 Å². The highest BCUT2D eigenvalue weighted by atomic mass is 32.2. The minimum absolute atomic E-state index is 0.0219. The molecule has 3 aromatic rings. The van der Waals surface area contributed by atoms with E-state index in [1.165, 1.54) is 6.07 Å². The van der Waals surface area contributed by atoms with Crippen molar-refractivity contribution < 1.29 is 30.8 Å². The zero-order chi connectivity index (χ0) is 21.3. The molecule has 2 aromatic carbocycles. The van der Waals surface area contributed by atoms with Crippen LogP contribution in [-0.4, -0.2) is 42.6 Å². The van der Waals surface area contributed by atoms with Crippen molar-refractivity contribution in [2.24, 2.45) is 0 Å². The molecule has 2 heterocycles. The number of rotatable bonds is 5. The van der Waals surface area contributed by atoms with Gasteiger partial charge < -0.3 is 9.26 Å². The third-order valence-corrected chi connectivity index (χ3v) is 6.48. The molecule has 158 valence electrons. The van der Waals surface area contributed by atoms with Gasteiger partial charge in [-0.25, -0.2) is 21.6 Å². The van der Waals surface area contributed by atoms with E-state index >= 15 is 0 Å². The first-order chi connectivity index (χ1) is 14.3. The first kappa shape index (κ1) is 20.5. The number of hydrogen-bond donors (Lipinski definition) is 0. The number of ether oxygens (including phenoxy) is 1. The van der Waals surface area contributed by atoms with Crippen molar-refractivity contribution in [2.45, 2.75) is 17.4 Å². The van der Waals surface area contributed by atoms with Gasteiger partial charge in [0.2, 0.25) is 10.0 Å². The summed E-state index contributed by atoms with van der Waals surface area (Å²) in [5.74, 6) is -2.52. The van der Waals surface area contributed by atoms with Crippen molar-refractivity contribution >= 4 is 10.0 Å². The minimum Gasteiger partial charge on any atom is -0.366 e. The smallest absolute Gasteiger partial charge is 0.257 e. The van der Waals surface area contributed by atoms with Crippen LogP contribution < -0.4 is 0 Å². The maximum absolute atomic E-state index is 13.8. The second-order valence-electron chi connectivity index (χ2n) is 6.62. The second kappa shape index (κ2) is 8.17. The van der Waals surface area contributed by atoms with Crippen molar-refractivity contribution in [3.8, 4) is 0 Å². The van der Waals surface area contributed by atoms with E-state index in [0.29, 0.717) is 11.6 Å².